The van der Waals surface area contributed by atoms with Crippen molar-refractivity contribution in [2.45, 2.75) is 19.4 Å². The number of hydrogen-bond acceptors (Lipinski definition) is 4. The van der Waals surface area contributed by atoms with E-state index in [1.54, 1.807) is 7.11 Å². The van der Waals surface area contributed by atoms with E-state index in [0.29, 0.717) is 32.3 Å². The molecule has 1 aliphatic heterocycles. The molecule has 0 unspecified atom stereocenters. The summed E-state index contributed by atoms with van der Waals surface area (Å²) in [5.41, 5.74) is 0. The van der Waals surface area contributed by atoms with Gasteiger partial charge < -0.3 is 19.7 Å². The van der Waals surface area contributed by atoms with Crippen molar-refractivity contribution in [3.8, 4) is 0 Å². The Labute approximate surface area is 97.1 Å². The van der Waals surface area contributed by atoms with E-state index in [1.807, 2.05) is 4.90 Å². The molecule has 1 amide bonds. The van der Waals surface area contributed by atoms with Crippen LogP contribution in [-0.4, -0.2) is 63.4 Å². The van der Waals surface area contributed by atoms with Crippen molar-refractivity contribution < 1.29 is 14.3 Å². The molecule has 1 aliphatic rings. The number of piperazine rings is 1. The van der Waals surface area contributed by atoms with Gasteiger partial charge in [0, 0.05) is 32.8 Å². The number of nitrogens with one attached hydrogen (secondary N) is 1. The van der Waals surface area contributed by atoms with Gasteiger partial charge in [-0.05, 0) is 6.92 Å². The summed E-state index contributed by atoms with van der Waals surface area (Å²) in [4.78, 5) is 13.8. The van der Waals surface area contributed by atoms with Crippen molar-refractivity contribution in [2.75, 3.05) is 46.6 Å². The van der Waals surface area contributed by atoms with Gasteiger partial charge in [0.05, 0.1) is 26.2 Å². The van der Waals surface area contributed by atoms with Gasteiger partial charge in [0.15, 0.2) is 0 Å². The SMILES string of the molecule is COCCOCCC(=O)N1CCNC[C@@H]1C. The van der Waals surface area contributed by atoms with Crippen molar-refractivity contribution >= 4 is 5.91 Å². The Bertz CT molecular complexity index is 211. The summed E-state index contributed by atoms with van der Waals surface area (Å²) in [5.74, 6) is 0.186. The topological polar surface area (TPSA) is 50.8 Å². The molecule has 0 aliphatic carbocycles. The van der Waals surface area contributed by atoms with Crippen LogP contribution in [0.4, 0.5) is 0 Å². The lowest BCUT2D eigenvalue weighted by Crippen LogP contribution is -2.52. The first-order valence-corrected chi connectivity index (χ1v) is 5.82. The highest BCUT2D eigenvalue weighted by Gasteiger charge is 2.22. The molecule has 0 radical (unpaired) electrons. The minimum absolute atomic E-state index is 0.186. The Morgan fingerprint density at radius 2 is 2.25 bits per heavy atom. The lowest BCUT2D eigenvalue weighted by molar-refractivity contribution is -0.135. The summed E-state index contributed by atoms with van der Waals surface area (Å²) in [6.07, 6.45) is 0.466. The molecule has 1 heterocycles. The maximum Gasteiger partial charge on any atom is 0.225 e. The summed E-state index contributed by atoms with van der Waals surface area (Å²) in [6.45, 7) is 6.27. The van der Waals surface area contributed by atoms with Crippen molar-refractivity contribution in [1.29, 1.82) is 0 Å². The van der Waals surface area contributed by atoms with Gasteiger partial charge in [0.25, 0.3) is 0 Å². The van der Waals surface area contributed by atoms with Gasteiger partial charge >= 0.3 is 0 Å². The van der Waals surface area contributed by atoms with Crippen LogP contribution >= 0.6 is 0 Å². The van der Waals surface area contributed by atoms with E-state index in [2.05, 4.69) is 12.2 Å². The quantitative estimate of drug-likeness (QED) is 0.645. The van der Waals surface area contributed by atoms with E-state index < -0.39 is 0 Å². The first-order chi connectivity index (χ1) is 7.75. The smallest absolute Gasteiger partial charge is 0.225 e. The molecule has 1 fully saturated rings. The average Bonchev–Trinajstić information content (AvgIpc) is 2.29. The molecular weight excluding hydrogens is 208 g/mol. The van der Waals surface area contributed by atoms with Crippen LogP contribution in [0.5, 0.6) is 0 Å². The molecule has 0 aromatic carbocycles. The maximum absolute atomic E-state index is 11.8. The molecule has 0 saturated carbocycles. The molecule has 94 valence electrons. The van der Waals surface area contributed by atoms with Crippen LogP contribution in [0.2, 0.25) is 0 Å². The second-order valence-electron chi connectivity index (χ2n) is 4.00. The van der Waals surface area contributed by atoms with Gasteiger partial charge in [-0.25, -0.2) is 0 Å². The lowest BCUT2D eigenvalue weighted by atomic mass is 10.2. The molecule has 1 N–H and O–H groups in total. The van der Waals surface area contributed by atoms with Crippen molar-refractivity contribution in [3.05, 3.63) is 0 Å². The maximum atomic E-state index is 11.8. The monoisotopic (exact) mass is 230 g/mol. The summed E-state index contributed by atoms with van der Waals surface area (Å²) >= 11 is 0. The number of amides is 1. The van der Waals surface area contributed by atoms with Crippen LogP contribution in [0, 0.1) is 0 Å². The van der Waals surface area contributed by atoms with Crippen LogP contribution in [0.3, 0.4) is 0 Å². The van der Waals surface area contributed by atoms with E-state index >= 15 is 0 Å². The molecule has 0 aromatic heterocycles. The molecular formula is C11H22N2O3. The molecule has 0 aromatic rings. The second kappa shape index (κ2) is 7.60. The summed E-state index contributed by atoms with van der Waals surface area (Å²) in [6, 6.07) is 0.292. The van der Waals surface area contributed by atoms with E-state index in [4.69, 9.17) is 9.47 Å². The van der Waals surface area contributed by atoms with E-state index in [-0.39, 0.29) is 5.91 Å². The molecule has 0 bridgehead atoms. The fraction of sp³-hybridized carbons (Fsp3) is 0.909. The zero-order valence-electron chi connectivity index (χ0n) is 10.2. The van der Waals surface area contributed by atoms with Gasteiger partial charge in [0.1, 0.15) is 0 Å². The molecule has 1 rings (SSSR count). The van der Waals surface area contributed by atoms with Gasteiger partial charge in [-0.15, -0.1) is 0 Å². The lowest BCUT2D eigenvalue weighted by Gasteiger charge is -2.34. The van der Waals surface area contributed by atoms with Crippen molar-refractivity contribution in [1.82, 2.24) is 10.2 Å². The highest BCUT2D eigenvalue weighted by atomic mass is 16.5. The van der Waals surface area contributed by atoms with Gasteiger partial charge in [-0.2, -0.15) is 0 Å². The average molecular weight is 230 g/mol. The van der Waals surface area contributed by atoms with Crippen LogP contribution in [0.25, 0.3) is 0 Å². The Kier molecular flexibility index (Phi) is 6.37. The third-order valence-corrected chi connectivity index (χ3v) is 2.71. The minimum Gasteiger partial charge on any atom is -0.382 e. The Morgan fingerprint density at radius 1 is 1.44 bits per heavy atom. The number of rotatable bonds is 6. The molecule has 16 heavy (non-hydrogen) atoms. The minimum atomic E-state index is 0.186. The Balaban J connectivity index is 2.13. The van der Waals surface area contributed by atoms with Crippen LogP contribution in [0.15, 0.2) is 0 Å². The summed E-state index contributed by atoms with van der Waals surface area (Å²) in [7, 11) is 1.64. The summed E-state index contributed by atoms with van der Waals surface area (Å²) < 4.78 is 10.1. The number of ether oxygens (including phenoxy) is 2. The van der Waals surface area contributed by atoms with Crippen LogP contribution < -0.4 is 5.32 Å². The fourth-order valence-corrected chi connectivity index (χ4v) is 1.76. The molecule has 0 spiro atoms. The first-order valence-electron chi connectivity index (χ1n) is 5.82. The van der Waals surface area contributed by atoms with E-state index in [0.717, 1.165) is 19.6 Å². The molecule has 1 saturated heterocycles. The van der Waals surface area contributed by atoms with E-state index in [1.165, 1.54) is 0 Å². The first kappa shape index (κ1) is 13.4. The van der Waals surface area contributed by atoms with Crippen LogP contribution in [0.1, 0.15) is 13.3 Å². The second-order valence-corrected chi connectivity index (χ2v) is 4.00. The van der Waals surface area contributed by atoms with Gasteiger partial charge in [-0.3, -0.25) is 4.79 Å². The number of carbonyl (C=O) groups is 1. The third kappa shape index (κ3) is 4.47. The van der Waals surface area contributed by atoms with Crippen molar-refractivity contribution in [2.24, 2.45) is 0 Å². The predicted molar refractivity (Wildman–Crippen MR) is 61.4 cm³/mol. The normalized spacial score (nSPS) is 21.1. The Morgan fingerprint density at radius 3 is 2.94 bits per heavy atom. The molecule has 1 atom stereocenters. The zero-order valence-corrected chi connectivity index (χ0v) is 10.2. The molecule has 5 heteroatoms. The van der Waals surface area contributed by atoms with Crippen molar-refractivity contribution in [3.63, 3.8) is 0 Å². The number of nitrogens with zero attached hydrogens (tertiary/aromatic N) is 1. The largest absolute Gasteiger partial charge is 0.382 e. The number of methoxy groups -OCH3 is 1. The highest BCUT2D eigenvalue weighted by Crippen LogP contribution is 2.04. The standard InChI is InChI=1S/C11H22N2O3/c1-10-9-12-4-5-13(10)11(14)3-6-16-8-7-15-2/h10,12H,3-9H2,1-2H3/t10-/m0/s1. The number of carbonyl (C=O) groups excluding carboxylic acids is 1. The predicted octanol–water partition coefficient (Wildman–Crippen LogP) is -0.140. The highest BCUT2D eigenvalue weighted by molar-refractivity contribution is 5.76. The van der Waals surface area contributed by atoms with E-state index in [9.17, 15) is 4.79 Å². The number of hydrogen-bond donors (Lipinski definition) is 1. The summed E-state index contributed by atoms with van der Waals surface area (Å²) in [5, 5.41) is 3.26. The van der Waals surface area contributed by atoms with Crippen LogP contribution in [-0.2, 0) is 14.3 Å². The molecule has 5 nitrogen and oxygen atoms in total. The van der Waals surface area contributed by atoms with Gasteiger partial charge in [-0.1, -0.05) is 0 Å². The zero-order chi connectivity index (χ0) is 11.8. The third-order valence-electron chi connectivity index (χ3n) is 2.71. The fourth-order valence-electron chi connectivity index (χ4n) is 1.76. The van der Waals surface area contributed by atoms with Gasteiger partial charge in [0.2, 0.25) is 5.91 Å². The Hall–Kier alpha value is -0.650.